The number of nitrogens with zero attached hydrogens (tertiary/aromatic N) is 5. The summed E-state index contributed by atoms with van der Waals surface area (Å²) in [4.78, 5) is 2.41. The van der Waals surface area contributed by atoms with Gasteiger partial charge in [-0.3, -0.25) is 4.90 Å². The van der Waals surface area contributed by atoms with E-state index in [0.29, 0.717) is 6.04 Å². The van der Waals surface area contributed by atoms with Crippen LogP contribution in [0, 0.1) is 0 Å². The third-order valence-electron chi connectivity index (χ3n) is 3.15. The molecule has 1 N–H and O–H groups in total. The molecule has 2 rings (SSSR count). The zero-order chi connectivity index (χ0) is 12.1. The SMILES string of the molecule is CCCCn1nnnc1CN1CCN[C@@H](C)C1. The van der Waals surface area contributed by atoms with Gasteiger partial charge < -0.3 is 5.32 Å². The first-order valence-electron chi connectivity index (χ1n) is 6.50. The van der Waals surface area contributed by atoms with Crippen molar-refractivity contribution in [1.29, 1.82) is 0 Å². The maximum atomic E-state index is 4.13. The second-order valence-electron chi connectivity index (χ2n) is 4.76. The van der Waals surface area contributed by atoms with E-state index in [0.717, 1.165) is 45.0 Å². The summed E-state index contributed by atoms with van der Waals surface area (Å²) in [6.45, 7) is 9.39. The smallest absolute Gasteiger partial charge is 0.165 e. The Hall–Kier alpha value is -1.01. The molecule has 1 aromatic rings. The molecule has 6 nitrogen and oxygen atoms in total. The summed E-state index contributed by atoms with van der Waals surface area (Å²) >= 11 is 0. The van der Waals surface area contributed by atoms with Crippen molar-refractivity contribution in [3.63, 3.8) is 0 Å². The monoisotopic (exact) mass is 238 g/mol. The van der Waals surface area contributed by atoms with E-state index in [4.69, 9.17) is 0 Å². The average Bonchev–Trinajstić information content (AvgIpc) is 2.74. The van der Waals surface area contributed by atoms with Crippen LogP contribution in [0.5, 0.6) is 0 Å². The molecule has 0 saturated carbocycles. The lowest BCUT2D eigenvalue weighted by molar-refractivity contribution is 0.192. The number of rotatable bonds is 5. The van der Waals surface area contributed by atoms with Crippen molar-refractivity contribution in [3.05, 3.63) is 5.82 Å². The van der Waals surface area contributed by atoms with E-state index in [1.54, 1.807) is 0 Å². The van der Waals surface area contributed by atoms with Crippen LogP contribution in [0.2, 0.25) is 0 Å². The van der Waals surface area contributed by atoms with Crippen molar-refractivity contribution in [2.45, 2.75) is 45.8 Å². The summed E-state index contributed by atoms with van der Waals surface area (Å²) in [6.07, 6.45) is 2.31. The van der Waals surface area contributed by atoms with Crippen molar-refractivity contribution in [2.75, 3.05) is 19.6 Å². The van der Waals surface area contributed by atoms with Crippen molar-refractivity contribution in [1.82, 2.24) is 30.4 Å². The van der Waals surface area contributed by atoms with Gasteiger partial charge in [-0.1, -0.05) is 13.3 Å². The summed E-state index contributed by atoms with van der Waals surface area (Å²) in [7, 11) is 0. The van der Waals surface area contributed by atoms with Crippen molar-refractivity contribution in [2.24, 2.45) is 0 Å². The van der Waals surface area contributed by atoms with E-state index in [9.17, 15) is 0 Å². The van der Waals surface area contributed by atoms with Crippen LogP contribution in [0.25, 0.3) is 0 Å². The Morgan fingerprint density at radius 1 is 1.47 bits per heavy atom. The molecule has 6 heteroatoms. The fourth-order valence-electron chi connectivity index (χ4n) is 2.17. The highest BCUT2D eigenvalue weighted by atomic mass is 15.5. The van der Waals surface area contributed by atoms with E-state index < -0.39 is 0 Å². The van der Waals surface area contributed by atoms with Gasteiger partial charge in [0.25, 0.3) is 0 Å². The van der Waals surface area contributed by atoms with Gasteiger partial charge in [0.15, 0.2) is 5.82 Å². The number of hydrogen-bond donors (Lipinski definition) is 1. The average molecular weight is 238 g/mol. The van der Waals surface area contributed by atoms with Gasteiger partial charge in [0.05, 0.1) is 6.54 Å². The highest BCUT2D eigenvalue weighted by molar-refractivity contribution is 4.84. The largest absolute Gasteiger partial charge is 0.312 e. The molecule has 1 fully saturated rings. The molecule has 17 heavy (non-hydrogen) atoms. The Kier molecular flexibility index (Phi) is 4.44. The summed E-state index contributed by atoms with van der Waals surface area (Å²) in [5.74, 6) is 0.993. The zero-order valence-electron chi connectivity index (χ0n) is 10.8. The van der Waals surface area contributed by atoms with Crippen molar-refractivity contribution in [3.8, 4) is 0 Å². The molecule has 0 aliphatic carbocycles. The van der Waals surface area contributed by atoms with E-state index in [1.807, 2.05) is 4.68 Å². The summed E-state index contributed by atoms with van der Waals surface area (Å²) < 4.78 is 1.94. The minimum Gasteiger partial charge on any atom is -0.312 e. The van der Waals surface area contributed by atoms with E-state index in [1.165, 1.54) is 6.42 Å². The molecular weight excluding hydrogens is 216 g/mol. The first-order valence-corrected chi connectivity index (χ1v) is 6.50. The summed E-state index contributed by atoms with van der Waals surface area (Å²) in [5, 5.41) is 15.4. The molecule has 1 saturated heterocycles. The highest BCUT2D eigenvalue weighted by Gasteiger charge is 2.18. The quantitative estimate of drug-likeness (QED) is 0.798. The fraction of sp³-hybridized carbons (Fsp3) is 0.909. The number of aryl methyl sites for hydroxylation is 1. The van der Waals surface area contributed by atoms with Crippen molar-refractivity contribution < 1.29 is 0 Å². The lowest BCUT2D eigenvalue weighted by Gasteiger charge is -2.31. The number of piperazine rings is 1. The Balaban J connectivity index is 1.91. The zero-order valence-corrected chi connectivity index (χ0v) is 10.8. The van der Waals surface area contributed by atoms with Gasteiger partial charge in [0.2, 0.25) is 0 Å². The second-order valence-corrected chi connectivity index (χ2v) is 4.76. The summed E-state index contributed by atoms with van der Waals surface area (Å²) in [6, 6.07) is 0.559. The standard InChI is InChI=1S/C11H22N6/c1-3-4-6-17-11(13-14-15-17)9-16-7-5-12-10(2)8-16/h10,12H,3-9H2,1-2H3/t10-/m0/s1. The number of aromatic nitrogens is 4. The van der Waals surface area contributed by atoms with Crippen LogP contribution in [0.1, 0.15) is 32.5 Å². The molecule has 0 radical (unpaired) electrons. The van der Waals surface area contributed by atoms with E-state index >= 15 is 0 Å². The van der Waals surface area contributed by atoms with Crippen LogP contribution in [-0.4, -0.2) is 50.8 Å². The Morgan fingerprint density at radius 3 is 3.12 bits per heavy atom. The molecular formula is C11H22N6. The Morgan fingerprint density at radius 2 is 2.35 bits per heavy atom. The van der Waals surface area contributed by atoms with Gasteiger partial charge in [0.1, 0.15) is 0 Å². The van der Waals surface area contributed by atoms with Gasteiger partial charge in [-0.05, 0) is 23.8 Å². The minimum absolute atomic E-state index is 0.559. The number of hydrogen-bond acceptors (Lipinski definition) is 5. The number of tetrazole rings is 1. The predicted octanol–water partition coefficient (Wildman–Crippen LogP) is 0.267. The number of nitrogens with one attached hydrogen (secondary N) is 1. The molecule has 0 spiro atoms. The van der Waals surface area contributed by atoms with Gasteiger partial charge in [-0.15, -0.1) is 5.10 Å². The molecule has 1 aromatic heterocycles. The van der Waals surface area contributed by atoms with Crippen LogP contribution >= 0.6 is 0 Å². The molecule has 96 valence electrons. The van der Waals surface area contributed by atoms with E-state index in [-0.39, 0.29) is 0 Å². The van der Waals surface area contributed by atoms with Crippen LogP contribution in [-0.2, 0) is 13.1 Å². The fourth-order valence-corrected chi connectivity index (χ4v) is 2.17. The van der Waals surface area contributed by atoms with E-state index in [2.05, 4.69) is 39.6 Å². The van der Waals surface area contributed by atoms with Crippen LogP contribution in [0.3, 0.4) is 0 Å². The molecule has 2 heterocycles. The Bertz CT molecular complexity index is 336. The maximum Gasteiger partial charge on any atom is 0.165 e. The van der Waals surface area contributed by atoms with Crippen molar-refractivity contribution >= 4 is 0 Å². The molecule has 0 unspecified atom stereocenters. The Labute approximate surface area is 102 Å². The highest BCUT2D eigenvalue weighted by Crippen LogP contribution is 2.05. The predicted molar refractivity (Wildman–Crippen MR) is 65.5 cm³/mol. The summed E-state index contributed by atoms with van der Waals surface area (Å²) in [5.41, 5.74) is 0. The van der Waals surface area contributed by atoms with Crippen LogP contribution in [0.15, 0.2) is 0 Å². The van der Waals surface area contributed by atoms with Crippen LogP contribution < -0.4 is 5.32 Å². The van der Waals surface area contributed by atoms with Crippen LogP contribution in [0.4, 0.5) is 0 Å². The minimum atomic E-state index is 0.559. The molecule has 0 amide bonds. The number of unbranched alkanes of at least 4 members (excludes halogenated alkanes) is 1. The normalized spacial score (nSPS) is 21.9. The molecule has 1 aliphatic heterocycles. The van der Waals surface area contributed by atoms with Gasteiger partial charge in [-0.2, -0.15) is 0 Å². The molecule has 1 aliphatic rings. The first kappa shape index (κ1) is 12.4. The lowest BCUT2D eigenvalue weighted by atomic mass is 10.2. The molecule has 0 bridgehead atoms. The first-order chi connectivity index (χ1) is 8.29. The maximum absolute atomic E-state index is 4.13. The molecule has 0 aromatic carbocycles. The topological polar surface area (TPSA) is 58.9 Å². The third kappa shape index (κ3) is 3.47. The lowest BCUT2D eigenvalue weighted by Crippen LogP contribution is -2.48. The second kappa shape index (κ2) is 6.07. The molecule has 1 atom stereocenters. The third-order valence-corrected chi connectivity index (χ3v) is 3.15. The van der Waals surface area contributed by atoms with Gasteiger partial charge >= 0.3 is 0 Å². The van der Waals surface area contributed by atoms with Gasteiger partial charge in [0, 0.05) is 32.2 Å². The van der Waals surface area contributed by atoms with Gasteiger partial charge in [-0.25, -0.2) is 4.68 Å².